The average Bonchev–Trinajstić information content (AvgIpc) is 3.46. The van der Waals surface area contributed by atoms with Crippen LogP contribution in [0.1, 0.15) is 31.2 Å². The molecule has 35 heavy (non-hydrogen) atoms. The third-order valence-electron chi connectivity index (χ3n) is 7.46. The SMILES string of the molecule is C[C@@H]1OCC2(CCN(c3cnc(Sc4cccc(-c5cnc6c(n5)C=CC6)c4Cl)cn3)CC2)[C@@H]1N. The number of halogens is 1. The smallest absolute Gasteiger partial charge is 0.147 e. The number of aromatic nitrogens is 4. The van der Waals surface area contributed by atoms with E-state index in [4.69, 9.17) is 32.0 Å². The Kier molecular flexibility index (Phi) is 6.00. The van der Waals surface area contributed by atoms with Gasteiger partial charge in [-0.3, -0.25) is 4.98 Å². The summed E-state index contributed by atoms with van der Waals surface area (Å²) in [6, 6.07) is 6.05. The molecular weight excluding hydrogens is 480 g/mol. The number of hydrogen-bond acceptors (Lipinski definition) is 8. The predicted molar refractivity (Wildman–Crippen MR) is 139 cm³/mol. The lowest BCUT2D eigenvalue weighted by atomic mass is 9.73. The number of rotatable bonds is 4. The lowest BCUT2D eigenvalue weighted by Crippen LogP contribution is -2.50. The monoisotopic (exact) mass is 506 g/mol. The quantitative estimate of drug-likeness (QED) is 0.547. The predicted octanol–water partition coefficient (Wildman–Crippen LogP) is 4.64. The van der Waals surface area contributed by atoms with Gasteiger partial charge >= 0.3 is 0 Å². The maximum Gasteiger partial charge on any atom is 0.147 e. The molecule has 0 bridgehead atoms. The van der Waals surface area contributed by atoms with Crippen LogP contribution < -0.4 is 10.6 Å². The lowest BCUT2D eigenvalue weighted by molar-refractivity contribution is 0.0974. The van der Waals surface area contributed by atoms with E-state index in [9.17, 15) is 0 Å². The van der Waals surface area contributed by atoms with Crippen LogP contribution in [0.3, 0.4) is 0 Å². The molecule has 1 spiro atoms. The molecule has 9 heteroatoms. The fourth-order valence-corrected chi connectivity index (χ4v) is 6.33. The molecular formula is C26H27ClN6OS. The minimum atomic E-state index is 0.0976. The van der Waals surface area contributed by atoms with E-state index in [1.807, 2.05) is 36.7 Å². The molecule has 0 radical (unpaired) electrons. The van der Waals surface area contributed by atoms with Crippen molar-refractivity contribution in [3.63, 3.8) is 0 Å². The first kappa shape index (κ1) is 22.9. The van der Waals surface area contributed by atoms with Crippen molar-refractivity contribution in [3.05, 3.63) is 59.3 Å². The Labute approximate surface area is 214 Å². The normalized spacial score (nSPS) is 22.7. The van der Waals surface area contributed by atoms with Gasteiger partial charge in [0, 0.05) is 41.4 Å². The van der Waals surface area contributed by atoms with Gasteiger partial charge < -0.3 is 15.4 Å². The molecule has 6 rings (SSSR count). The molecule has 2 atom stereocenters. The maximum atomic E-state index is 6.79. The number of hydrogen-bond donors (Lipinski definition) is 1. The largest absolute Gasteiger partial charge is 0.376 e. The number of nitrogens with two attached hydrogens (primary N) is 1. The zero-order valence-corrected chi connectivity index (χ0v) is 21.1. The van der Waals surface area contributed by atoms with Crippen LogP contribution in [-0.4, -0.2) is 51.8 Å². The topological polar surface area (TPSA) is 90.0 Å². The molecule has 0 saturated carbocycles. The molecule has 4 heterocycles. The summed E-state index contributed by atoms with van der Waals surface area (Å²) in [7, 11) is 0. The molecule has 2 saturated heterocycles. The Morgan fingerprint density at radius 2 is 2.00 bits per heavy atom. The van der Waals surface area contributed by atoms with Gasteiger partial charge in [0.1, 0.15) is 10.8 Å². The zero-order valence-electron chi connectivity index (χ0n) is 19.5. The van der Waals surface area contributed by atoms with Crippen LogP contribution in [0.2, 0.25) is 5.02 Å². The first-order valence-corrected chi connectivity index (χ1v) is 13.2. The van der Waals surface area contributed by atoms with Crippen molar-refractivity contribution in [1.29, 1.82) is 0 Å². The van der Waals surface area contributed by atoms with Gasteiger partial charge in [0.05, 0.1) is 53.4 Å². The van der Waals surface area contributed by atoms with Gasteiger partial charge in [-0.1, -0.05) is 41.6 Å². The number of anilines is 1. The minimum absolute atomic E-state index is 0.0976. The first-order chi connectivity index (χ1) is 17.0. The number of fused-ring (bicyclic) bond motifs is 1. The van der Waals surface area contributed by atoms with E-state index in [2.05, 4.69) is 27.9 Å². The molecule has 1 aromatic carbocycles. The summed E-state index contributed by atoms with van der Waals surface area (Å²) in [5, 5.41) is 1.44. The fourth-order valence-electron chi connectivity index (χ4n) is 5.21. The van der Waals surface area contributed by atoms with Gasteiger partial charge in [-0.25, -0.2) is 15.0 Å². The molecule has 3 aliphatic rings. The zero-order chi connectivity index (χ0) is 24.0. The van der Waals surface area contributed by atoms with Gasteiger partial charge in [0.2, 0.25) is 0 Å². The lowest BCUT2D eigenvalue weighted by Gasteiger charge is -2.41. The van der Waals surface area contributed by atoms with Crippen molar-refractivity contribution < 1.29 is 4.74 Å². The van der Waals surface area contributed by atoms with Gasteiger partial charge in [-0.2, -0.15) is 0 Å². The second-order valence-corrected chi connectivity index (χ2v) is 11.0. The number of piperidine rings is 1. The maximum absolute atomic E-state index is 6.79. The van der Waals surface area contributed by atoms with Crippen LogP contribution in [0.5, 0.6) is 0 Å². The molecule has 0 amide bonds. The Hall–Kier alpha value is -2.52. The third-order valence-corrected chi connectivity index (χ3v) is 8.96. The summed E-state index contributed by atoms with van der Waals surface area (Å²) in [6.07, 6.45) is 12.5. The Bertz CT molecular complexity index is 1280. The standard InChI is InChI=1S/C26H27ClN6OS/c1-16-25(28)26(15-34-16)8-10-33(11-9-26)22-13-31-23(14-30-22)35-21-7-2-4-17(24(21)27)20-12-29-18-5-3-6-19(18)32-20/h2-4,6-7,12-14,16,25H,5,8-11,15,28H2,1H3/t16-,25+/m0/s1. The Balaban J connectivity index is 1.15. The summed E-state index contributed by atoms with van der Waals surface area (Å²) in [4.78, 5) is 21.9. The van der Waals surface area contributed by atoms with Crippen molar-refractivity contribution in [1.82, 2.24) is 19.9 Å². The van der Waals surface area contributed by atoms with Crippen molar-refractivity contribution >= 4 is 35.3 Å². The average molecular weight is 507 g/mol. The van der Waals surface area contributed by atoms with Crippen LogP contribution in [0, 0.1) is 5.41 Å². The van der Waals surface area contributed by atoms with E-state index in [-0.39, 0.29) is 17.6 Å². The molecule has 0 unspecified atom stereocenters. The van der Waals surface area contributed by atoms with E-state index in [1.165, 1.54) is 11.8 Å². The second-order valence-electron chi connectivity index (χ2n) is 9.52. The molecule has 180 valence electrons. The molecule has 1 aliphatic carbocycles. The molecule has 3 aromatic rings. The summed E-state index contributed by atoms with van der Waals surface area (Å²) in [6.45, 7) is 4.66. The van der Waals surface area contributed by atoms with Crippen LogP contribution in [0.4, 0.5) is 5.82 Å². The highest BCUT2D eigenvalue weighted by molar-refractivity contribution is 7.99. The number of benzene rings is 1. The molecule has 7 nitrogen and oxygen atoms in total. The highest BCUT2D eigenvalue weighted by atomic mass is 35.5. The summed E-state index contributed by atoms with van der Waals surface area (Å²) in [5.74, 6) is 0.894. The molecule has 2 aromatic heterocycles. The minimum Gasteiger partial charge on any atom is -0.376 e. The fraction of sp³-hybridized carbons (Fsp3) is 0.385. The summed E-state index contributed by atoms with van der Waals surface area (Å²) in [5.41, 5.74) is 10.1. The van der Waals surface area contributed by atoms with E-state index >= 15 is 0 Å². The van der Waals surface area contributed by atoms with Crippen LogP contribution in [0.25, 0.3) is 17.3 Å². The Morgan fingerprint density at radius 1 is 1.14 bits per heavy atom. The van der Waals surface area contributed by atoms with Gasteiger partial charge in [-0.05, 0) is 31.9 Å². The molecule has 2 N–H and O–H groups in total. The van der Waals surface area contributed by atoms with Gasteiger partial charge in [0.25, 0.3) is 0 Å². The van der Waals surface area contributed by atoms with Crippen molar-refractivity contribution in [3.8, 4) is 11.3 Å². The molecule has 2 aliphatic heterocycles. The van der Waals surface area contributed by atoms with E-state index in [0.29, 0.717) is 5.02 Å². The number of ether oxygens (including phenoxy) is 1. The van der Waals surface area contributed by atoms with Crippen molar-refractivity contribution in [2.24, 2.45) is 11.1 Å². The van der Waals surface area contributed by atoms with E-state index < -0.39 is 0 Å². The summed E-state index contributed by atoms with van der Waals surface area (Å²) >= 11 is 8.30. The van der Waals surface area contributed by atoms with Crippen LogP contribution in [0.15, 0.2) is 52.8 Å². The van der Waals surface area contributed by atoms with Gasteiger partial charge in [-0.15, -0.1) is 0 Å². The highest BCUT2D eigenvalue weighted by Crippen LogP contribution is 2.42. The van der Waals surface area contributed by atoms with Crippen LogP contribution >= 0.6 is 23.4 Å². The van der Waals surface area contributed by atoms with Crippen LogP contribution in [-0.2, 0) is 11.2 Å². The number of nitrogens with zero attached hydrogens (tertiary/aromatic N) is 5. The van der Waals surface area contributed by atoms with E-state index in [0.717, 1.165) is 77.3 Å². The van der Waals surface area contributed by atoms with Gasteiger partial charge in [0.15, 0.2) is 0 Å². The first-order valence-electron chi connectivity index (χ1n) is 12.0. The highest BCUT2D eigenvalue weighted by Gasteiger charge is 2.47. The van der Waals surface area contributed by atoms with Crippen molar-refractivity contribution in [2.75, 3.05) is 24.6 Å². The van der Waals surface area contributed by atoms with E-state index in [1.54, 1.807) is 6.20 Å². The summed E-state index contributed by atoms with van der Waals surface area (Å²) < 4.78 is 5.84. The second kappa shape index (κ2) is 9.17. The Morgan fingerprint density at radius 3 is 2.74 bits per heavy atom. The molecule has 2 fully saturated rings. The third kappa shape index (κ3) is 4.22. The van der Waals surface area contributed by atoms with Crippen molar-refractivity contribution in [2.45, 2.75) is 48.3 Å². The number of allylic oxidation sites excluding steroid dienone is 1.